The molecule has 0 spiro atoms. The number of amides is 1. The van der Waals surface area contributed by atoms with Crippen molar-refractivity contribution in [3.63, 3.8) is 0 Å². The molecule has 4 rings (SSSR count). The van der Waals surface area contributed by atoms with Crippen LogP contribution >= 0.6 is 0 Å². The molecule has 10 heteroatoms. The normalized spacial score (nSPS) is 17.5. The zero-order valence-electron chi connectivity index (χ0n) is 20.4. The van der Waals surface area contributed by atoms with Gasteiger partial charge in [-0.25, -0.2) is 18.4 Å². The predicted molar refractivity (Wildman–Crippen MR) is 130 cm³/mol. The largest absolute Gasteiger partial charge is 0.493 e. The number of piperazine rings is 1. The van der Waals surface area contributed by atoms with Gasteiger partial charge < -0.3 is 14.2 Å². The van der Waals surface area contributed by atoms with Gasteiger partial charge in [-0.1, -0.05) is 13.8 Å². The molecule has 2 aliphatic heterocycles. The summed E-state index contributed by atoms with van der Waals surface area (Å²) in [5, 5.41) is 0. The molecule has 0 radical (unpaired) electrons. The van der Waals surface area contributed by atoms with Gasteiger partial charge in [-0.2, -0.15) is 4.31 Å². The fourth-order valence-electron chi connectivity index (χ4n) is 4.60. The highest BCUT2D eigenvalue weighted by Crippen LogP contribution is 2.29. The van der Waals surface area contributed by atoms with Crippen molar-refractivity contribution in [2.24, 2.45) is 4.99 Å². The molecule has 2 aromatic rings. The van der Waals surface area contributed by atoms with E-state index in [-0.39, 0.29) is 10.8 Å². The fourth-order valence-corrected chi connectivity index (χ4v) is 6.05. The van der Waals surface area contributed by atoms with Crippen molar-refractivity contribution >= 4 is 21.6 Å². The predicted octanol–water partition coefficient (Wildman–Crippen LogP) is 2.51. The zero-order chi connectivity index (χ0) is 24.5. The second kappa shape index (κ2) is 9.97. The van der Waals surface area contributed by atoms with E-state index in [2.05, 4.69) is 28.7 Å². The Balaban J connectivity index is 1.72. The van der Waals surface area contributed by atoms with Crippen molar-refractivity contribution in [2.75, 3.05) is 39.3 Å². The van der Waals surface area contributed by atoms with E-state index < -0.39 is 10.0 Å². The van der Waals surface area contributed by atoms with Crippen LogP contribution < -0.4 is 4.74 Å². The average molecular weight is 488 g/mol. The molecular formula is C24H33N5O4S. The topological polar surface area (TPSA) is 97.1 Å². The van der Waals surface area contributed by atoms with E-state index in [0.29, 0.717) is 67.7 Å². The highest BCUT2D eigenvalue weighted by molar-refractivity contribution is 7.89. The summed E-state index contributed by atoms with van der Waals surface area (Å²) in [5.74, 6) is 0.993. The lowest BCUT2D eigenvalue weighted by Gasteiger charge is -2.33. The first kappa shape index (κ1) is 24.6. The maximum absolute atomic E-state index is 13.4. The molecule has 1 amide bonds. The van der Waals surface area contributed by atoms with Crippen LogP contribution in [0.5, 0.6) is 5.75 Å². The van der Waals surface area contributed by atoms with E-state index >= 15 is 0 Å². The van der Waals surface area contributed by atoms with Gasteiger partial charge in [0.05, 0.1) is 29.5 Å². The van der Waals surface area contributed by atoms with E-state index in [0.717, 1.165) is 25.2 Å². The van der Waals surface area contributed by atoms with Crippen LogP contribution in [0.1, 0.15) is 54.8 Å². The summed E-state index contributed by atoms with van der Waals surface area (Å²) in [6.45, 7) is 11.8. The molecule has 0 N–H and O–H groups in total. The third-order valence-electron chi connectivity index (χ3n) is 6.42. The number of carbonyl (C=O) groups excluding carboxylic acids is 1. The van der Waals surface area contributed by atoms with Gasteiger partial charge in [0.1, 0.15) is 17.3 Å². The number of sulfonamides is 1. The maximum Gasteiger partial charge on any atom is 0.295 e. The minimum atomic E-state index is -3.68. The summed E-state index contributed by atoms with van der Waals surface area (Å²) in [5.41, 5.74) is 2.19. The van der Waals surface area contributed by atoms with Gasteiger partial charge >= 0.3 is 0 Å². The number of imidazole rings is 1. The summed E-state index contributed by atoms with van der Waals surface area (Å²) in [7, 11) is -3.68. The molecule has 34 heavy (non-hydrogen) atoms. The Morgan fingerprint density at radius 3 is 2.47 bits per heavy atom. The molecule has 1 saturated heterocycles. The van der Waals surface area contributed by atoms with Crippen LogP contribution in [-0.2, 0) is 23.0 Å². The van der Waals surface area contributed by atoms with Gasteiger partial charge in [-0.05, 0) is 45.0 Å². The van der Waals surface area contributed by atoms with Gasteiger partial charge in [-0.3, -0.25) is 4.79 Å². The van der Waals surface area contributed by atoms with Gasteiger partial charge in [0.2, 0.25) is 10.0 Å². The molecule has 1 aromatic carbocycles. The Morgan fingerprint density at radius 2 is 1.82 bits per heavy atom. The number of rotatable bonds is 8. The number of hydrogen-bond acceptors (Lipinski definition) is 6. The van der Waals surface area contributed by atoms with Crippen LogP contribution in [0, 0.1) is 6.92 Å². The summed E-state index contributed by atoms with van der Waals surface area (Å²) in [6, 6.07) is 4.85. The molecule has 184 valence electrons. The Morgan fingerprint density at radius 1 is 1.09 bits per heavy atom. The lowest BCUT2D eigenvalue weighted by atomic mass is 10.1. The lowest BCUT2D eigenvalue weighted by Crippen LogP contribution is -2.48. The zero-order valence-corrected chi connectivity index (χ0v) is 21.2. The second-order valence-corrected chi connectivity index (χ2v) is 10.5. The Bertz CT molecular complexity index is 1210. The highest BCUT2D eigenvalue weighted by atomic mass is 32.2. The number of carbonyl (C=O) groups is 1. The number of aliphatic imine (C=N–C) groups is 1. The minimum Gasteiger partial charge on any atom is -0.493 e. The molecule has 1 fully saturated rings. The standard InChI is InChI=1S/C24H33N5O4S/c1-5-8-22-25-17(4)23-24(30)26-20(16-29(22)23)19-15-18(9-10-21(19)33-7-3)34(31,32)28-13-11-27(6-2)12-14-28/h9-10,15H,5-8,11-14,16H2,1-4H3. The SMILES string of the molecule is CCCc1nc(C)c2n1CC(c1cc(S(=O)(=O)N3CCN(CC)CC3)ccc1OCC)=NC2=O. The molecule has 0 bridgehead atoms. The van der Waals surface area contributed by atoms with Crippen molar-refractivity contribution in [3.8, 4) is 5.75 Å². The van der Waals surface area contributed by atoms with Gasteiger partial charge in [0, 0.05) is 38.2 Å². The average Bonchev–Trinajstić information content (AvgIpc) is 3.15. The number of aryl methyl sites for hydroxylation is 2. The summed E-state index contributed by atoms with van der Waals surface area (Å²) >= 11 is 0. The molecule has 3 heterocycles. The fraction of sp³-hybridized carbons (Fsp3) is 0.542. The number of nitrogens with zero attached hydrogens (tertiary/aromatic N) is 5. The third-order valence-corrected chi connectivity index (χ3v) is 8.31. The third kappa shape index (κ3) is 4.54. The van der Waals surface area contributed by atoms with E-state index in [1.54, 1.807) is 18.2 Å². The number of hydrogen-bond donors (Lipinski definition) is 0. The second-order valence-electron chi connectivity index (χ2n) is 8.59. The highest BCUT2D eigenvalue weighted by Gasteiger charge is 2.31. The van der Waals surface area contributed by atoms with Gasteiger partial charge in [0.25, 0.3) is 5.91 Å². The first-order valence-corrected chi connectivity index (χ1v) is 13.4. The molecular weight excluding hydrogens is 454 g/mol. The molecule has 1 aromatic heterocycles. The summed E-state index contributed by atoms with van der Waals surface area (Å²) in [6.07, 6.45) is 1.65. The molecule has 9 nitrogen and oxygen atoms in total. The molecule has 2 aliphatic rings. The maximum atomic E-state index is 13.4. The number of ether oxygens (including phenoxy) is 1. The molecule has 0 unspecified atom stereocenters. The van der Waals surface area contributed by atoms with Crippen LogP contribution in [0.3, 0.4) is 0 Å². The monoisotopic (exact) mass is 487 g/mol. The summed E-state index contributed by atoms with van der Waals surface area (Å²) in [4.78, 5) is 24.3. The van der Waals surface area contributed by atoms with Crippen molar-refractivity contribution in [1.29, 1.82) is 0 Å². The van der Waals surface area contributed by atoms with Crippen LogP contribution in [0.2, 0.25) is 0 Å². The Labute approximate surface area is 201 Å². The molecule has 0 saturated carbocycles. The van der Waals surface area contributed by atoms with Crippen molar-refractivity contribution in [3.05, 3.63) is 41.0 Å². The Kier molecular flexibility index (Phi) is 7.20. The van der Waals surface area contributed by atoms with Crippen LogP contribution in [0.15, 0.2) is 28.1 Å². The first-order chi connectivity index (χ1) is 16.3. The van der Waals surface area contributed by atoms with Crippen LogP contribution in [-0.4, -0.2) is 78.1 Å². The van der Waals surface area contributed by atoms with E-state index in [4.69, 9.17) is 4.74 Å². The number of aromatic nitrogens is 2. The number of benzene rings is 1. The molecule has 0 atom stereocenters. The van der Waals surface area contributed by atoms with Crippen molar-refractivity contribution < 1.29 is 17.9 Å². The van der Waals surface area contributed by atoms with Crippen molar-refractivity contribution in [2.45, 2.75) is 52.0 Å². The van der Waals surface area contributed by atoms with E-state index in [1.165, 1.54) is 4.31 Å². The van der Waals surface area contributed by atoms with Crippen LogP contribution in [0.25, 0.3) is 0 Å². The Hall–Kier alpha value is -2.56. The smallest absolute Gasteiger partial charge is 0.295 e. The number of likely N-dealkylation sites (N-methyl/N-ethyl adjacent to an activating group) is 1. The minimum absolute atomic E-state index is 0.187. The summed E-state index contributed by atoms with van der Waals surface area (Å²) < 4.78 is 36.1. The van der Waals surface area contributed by atoms with Crippen molar-refractivity contribution in [1.82, 2.24) is 18.8 Å². The first-order valence-electron chi connectivity index (χ1n) is 12.0. The van der Waals surface area contributed by atoms with E-state index in [9.17, 15) is 13.2 Å². The van der Waals surface area contributed by atoms with Gasteiger partial charge in [0.15, 0.2) is 0 Å². The number of fused-ring (bicyclic) bond motifs is 1. The molecule has 0 aliphatic carbocycles. The quantitative estimate of drug-likeness (QED) is 0.568. The van der Waals surface area contributed by atoms with E-state index in [1.807, 2.05) is 18.4 Å². The van der Waals surface area contributed by atoms with Gasteiger partial charge in [-0.15, -0.1) is 0 Å². The van der Waals surface area contributed by atoms with Crippen LogP contribution in [0.4, 0.5) is 0 Å². The lowest BCUT2D eigenvalue weighted by molar-refractivity contribution is 0.0989.